The van der Waals surface area contributed by atoms with Gasteiger partial charge in [-0.3, -0.25) is 0 Å². The molecule has 3 rings (SSSR count). The number of hydrogen-bond acceptors (Lipinski definition) is 3. The van der Waals surface area contributed by atoms with Gasteiger partial charge in [0.2, 0.25) is 5.90 Å². The van der Waals surface area contributed by atoms with Gasteiger partial charge in [-0.15, -0.1) is 0 Å². The molecule has 0 aromatic heterocycles. The van der Waals surface area contributed by atoms with Crippen LogP contribution in [0.15, 0.2) is 89.9 Å². The van der Waals surface area contributed by atoms with Gasteiger partial charge < -0.3 is 9.47 Å². The lowest BCUT2D eigenvalue weighted by molar-refractivity contribution is 0.262. The summed E-state index contributed by atoms with van der Waals surface area (Å²) in [5.41, 5.74) is 1.96. The monoisotopic (exact) mass is 331 g/mol. The Morgan fingerprint density at radius 1 is 0.760 bits per heavy atom. The van der Waals surface area contributed by atoms with Gasteiger partial charge in [0, 0.05) is 0 Å². The first-order valence-corrected chi connectivity index (χ1v) is 8.31. The quantitative estimate of drug-likeness (QED) is 0.452. The highest BCUT2D eigenvalue weighted by Crippen LogP contribution is 2.21. The number of hydrogen-bond donors (Lipinski definition) is 0. The predicted octanol–water partition coefficient (Wildman–Crippen LogP) is 5.57. The topological polar surface area (TPSA) is 30.8 Å². The van der Waals surface area contributed by atoms with Gasteiger partial charge >= 0.3 is 0 Å². The Morgan fingerprint density at radius 2 is 1.32 bits per heavy atom. The summed E-state index contributed by atoms with van der Waals surface area (Å²) in [6.45, 7) is 3.97. The summed E-state index contributed by atoms with van der Waals surface area (Å²) >= 11 is 0. The zero-order valence-corrected chi connectivity index (χ0v) is 14.4. The smallest absolute Gasteiger partial charge is 0.236 e. The molecule has 0 aliphatic carbocycles. The van der Waals surface area contributed by atoms with Gasteiger partial charge in [0.1, 0.15) is 11.5 Å². The summed E-state index contributed by atoms with van der Waals surface area (Å²) in [5, 5.41) is 0. The Morgan fingerprint density at radius 3 is 1.96 bits per heavy atom. The first-order valence-electron chi connectivity index (χ1n) is 8.31. The Labute approximate surface area is 148 Å². The van der Waals surface area contributed by atoms with Crippen molar-refractivity contribution in [2.75, 3.05) is 0 Å². The number of para-hydroxylation sites is 3. The van der Waals surface area contributed by atoms with Crippen LogP contribution < -0.4 is 9.47 Å². The summed E-state index contributed by atoms with van der Waals surface area (Å²) in [5.74, 6) is 2.03. The predicted molar refractivity (Wildman–Crippen MR) is 102 cm³/mol. The van der Waals surface area contributed by atoms with Crippen molar-refractivity contribution in [1.29, 1.82) is 0 Å². The molecule has 25 heavy (non-hydrogen) atoms. The third-order valence-electron chi connectivity index (χ3n) is 3.72. The van der Waals surface area contributed by atoms with Crippen LogP contribution in [0.5, 0.6) is 11.5 Å². The maximum absolute atomic E-state index is 6.03. The molecule has 0 N–H and O–H groups in total. The first-order chi connectivity index (χ1) is 12.2. The van der Waals surface area contributed by atoms with Gasteiger partial charge in [-0.2, -0.15) is 0 Å². The molecule has 0 heterocycles. The lowest BCUT2D eigenvalue weighted by Gasteiger charge is -2.18. The first kappa shape index (κ1) is 16.8. The molecule has 0 aliphatic heterocycles. The summed E-state index contributed by atoms with van der Waals surface area (Å²) in [7, 11) is 0. The van der Waals surface area contributed by atoms with Crippen molar-refractivity contribution in [2.45, 2.75) is 20.0 Å². The van der Waals surface area contributed by atoms with Crippen LogP contribution >= 0.6 is 0 Å². The van der Waals surface area contributed by atoms with Gasteiger partial charge in [0.25, 0.3) is 0 Å². The standard InChI is InChI=1S/C22H21NO2/c1-17-11-9-10-16-21(17)23-22(25-20-14-7-4-8-15-20)18(2)24-19-12-5-3-6-13-19/h3-16,18H,1-2H3. The fourth-order valence-corrected chi connectivity index (χ4v) is 2.37. The van der Waals surface area contributed by atoms with E-state index in [-0.39, 0.29) is 6.10 Å². The van der Waals surface area contributed by atoms with Gasteiger partial charge in [-0.05, 0) is 49.7 Å². The van der Waals surface area contributed by atoms with Crippen LogP contribution in [-0.2, 0) is 0 Å². The van der Waals surface area contributed by atoms with E-state index < -0.39 is 0 Å². The van der Waals surface area contributed by atoms with Crippen molar-refractivity contribution in [3.8, 4) is 11.5 Å². The molecule has 3 nitrogen and oxygen atoms in total. The third kappa shape index (κ3) is 4.70. The SMILES string of the molecule is Cc1ccccc1N=C(Oc1ccccc1)C(C)Oc1ccccc1. The van der Waals surface area contributed by atoms with E-state index in [2.05, 4.69) is 0 Å². The molecule has 126 valence electrons. The lowest BCUT2D eigenvalue weighted by atomic mass is 10.2. The highest BCUT2D eigenvalue weighted by Gasteiger charge is 2.16. The van der Waals surface area contributed by atoms with Gasteiger partial charge in [-0.25, -0.2) is 4.99 Å². The molecular weight excluding hydrogens is 310 g/mol. The molecule has 0 fully saturated rings. The number of benzene rings is 3. The average molecular weight is 331 g/mol. The van der Waals surface area contributed by atoms with E-state index in [4.69, 9.17) is 14.5 Å². The van der Waals surface area contributed by atoms with Crippen molar-refractivity contribution < 1.29 is 9.47 Å². The van der Waals surface area contributed by atoms with E-state index >= 15 is 0 Å². The number of nitrogens with zero attached hydrogens (tertiary/aromatic N) is 1. The van der Waals surface area contributed by atoms with Crippen LogP contribution in [0, 0.1) is 6.92 Å². The molecule has 0 spiro atoms. The summed E-state index contributed by atoms with van der Waals surface area (Å²) in [4.78, 5) is 4.72. The summed E-state index contributed by atoms with van der Waals surface area (Å²) in [6.07, 6.45) is -0.331. The van der Waals surface area contributed by atoms with E-state index in [1.54, 1.807) is 0 Å². The van der Waals surface area contributed by atoms with Crippen LogP contribution in [0.3, 0.4) is 0 Å². The normalized spacial score (nSPS) is 12.5. The molecule has 1 atom stereocenters. The maximum atomic E-state index is 6.03. The molecule has 0 saturated heterocycles. The summed E-state index contributed by atoms with van der Waals surface area (Å²) < 4.78 is 12.0. The largest absolute Gasteiger partial charge is 0.481 e. The second-order valence-corrected chi connectivity index (χ2v) is 5.72. The molecule has 3 aromatic carbocycles. The Bertz CT molecular complexity index is 829. The van der Waals surface area contributed by atoms with E-state index in [9.17, 15) is 0 Å². The van der Waals surface area contributed by atoms with E-state index in [0.29, 0.717) is 5.90 Å². The number of rotatable bonds is 5. The molecule has 3 aromatic rings. The van der Waals surface area contributed by atoms with Crippen molar-refractivity contribution in [3.63, 3.8) is 0 Å². The third-order valence-corrected chi connectivity index (χ3v) is 3.72. The van der Waals surface area contributed by atoms with Crippen LogP contribution in [0.1, 0.15) is 12.5 Å². The van der Waals surface area contributed by atoms with Crippen molar-refractivity contribution in [2.24, 2.45) is 4.99 Å². The summed E-state index contributed by atoms with van der Waals surface area (Å²) in [6, 6.07) is 27.3. The number of ether oxygens (including phenoxy) is 2. The minimum Gasteiger partial charge on any atom is -0.481 e. The van der Waals surface area contributed by atoms with Crippen molar-refractivity contribution in [1.82, 2.24) is 0 Å². The molecule has 0 aliphatic rings. The Hall–Kier alpha value is -3.07. The van der Waals surface area contributed by atoms with E-state index in [1.807, 2.05) is 98.8 Å². The van der Waals surface area contributed by atoms with Gasteiger partial charge in [-0.1, -0.05) is 54.6 Å². The van der Waals surface area contributed by atoms with Crippen LogP contribution in [-0.4, -0.2) is 12.0 Å². The lowest BCUT2D eigenvalue weighted by Crippen LogP contribution is -2.28. The molecule has 0 saturated carbocycles. The fraction of sp³-hybridized carbons (Fsp3) is 0.136. The fourth-order valence-electron chi connectivity index (χ4n) is 2.37. The maximum Gasteiger partial charge on any atom is 0.236 e. The van der Waals surface area contributed by atoms with Crippen molar-refractivity contribution >= 4 is 11.6 Å². The number of aliphatic imine (C=N–C) groups is 1. The van der Waals surface area contributed by atoms with Crippen LogP contribution in [0.25, 0.3) is 0 Å². The van der Waals surface area contributed by atoms with E-state index in [0.717, 1.165) is 22.7 Å². The van der Waals surface area contributed by atoms with E-state index in [1.165, 1.54) is 0 Å². The highest BCUT2D eigenvalue weighted by molar-refractivity contribution is 5.86. The average Bonchev–Trinajstić information content (AvgIpc) is 2.64. The van der Waals surface area contributed by atoms with Gasteiger partial charge in [0.15, 0.2) is 6.10 Å². The van der Waals surface area contributed by atoms with Gasteiger partial charge in [0.05, 0.1) is 5.69 Å². The molecule has 1 unspecified atom stereocenters. The minimum absolute atomic E-state index is 0.331. The highest BCUT2D eigenvalue weighted by atomic mass is 16.5. The molecule has 0 amide bonds. The Balaban J connectivity index is 1.89. The molecule has 0 radical (unpaired) electrons. The number of aryl methyl sites for hydroxylation is 1. The molecule has 3 heteroatoms. The molecular formula is C22H21NO2. The Kier molecular flexibility index (Phi) is 5.47. The minimum atomic E-state index is -0.331. The zero-order chi connectivity index (χ0) is 17.5. The second kappa shape index (κ2) is 8.15. The van der Waals surface area contributed by atoms with Crippen LogP contribution in [0.4, 0.5) is 5.69 Å². The van der Waals surface area contributed by atoms with Crippen molar-refractivity contribution in [3.05, 3.63) is 90.5 Å². The zero-order valence-electron chi connectivity index (χ0n) is 14.4. The second-order valence-electron chi connectivity index (χ2n) is 5.72. The molecule has 0 bridgehead atoms. The van der Waals surface area contributed by atoms with Crippen LogP contribution in [0.2, 0.25) is 0 Å².